The van der Waals surface area contributed by atoms with E-state index >= 15 is 0 Å². The van der Waals surface area contributed by atoms with Crippen LogP contribution in [0.4, 0.5) is 17.1 Å². The van der Waals surface area contributed by atoms with Crippen molar-refractivity contribution in [2.75, 3.05) is 35.9 Å². The molecule has 1 heterocycles. The molecule has 0 aromatic heterocycles. The van der Waals surface area contributed by atoms with Crippen LogP contribution < -0.4 is 18.7 Å². The minimum atomic E-state index is -4.09. The van der Waals surface area contributed by atoms with E-state index in [1.54, 1.807) is 13.0 Å². The SMILES string of the molecule is CCCCc1ccc2c(c1N(c1ccc(CC)cc1)S(=O)(=O)NCC)C(c1ccccc1C(=O)OC)c1ccc(N(CC)CC)cc1O2. The molecule has 254 valence electrons. The molecule has 0 bridgehead atoms. The van der Waals surface area contributed by atoms with E-state index in [9.17, 15) is 13.2 Å². The number of hydrogen-bond acceptors (Lipinski definition) is 6. The van der Waals surface area contributed by atoms with E-state index in [-0.39, 0.29) is 6.54 Å². The van der Waals surface area contributed by atoms with Crippen LogP contribution in [0.1, 0.15) is 91.6 Å². The van der Waals surface area contributed by atoms with Crippen LogP contribution in [-0.4, -0.2) is 41.1 Å². The zero-order valence-electron chi connectivity index (χ0n) is 28.9. The van der Waals surface area contributed by atoms with E-state index in [1.807, 2.05) is 66.7 Å². The number of nitrogens with zero attached hydrogens (tertiary/aromatic N) is 2. The first kappa shape index (κ1) is 35.0. The van der Waals surface area contributed by atoms with E-state index < -0.39 is 22.1 Å². The highest BCUT2D eigenvalue weighted by atomic mass is 32.2. The van der Waals surface area contributed by atoms with Gasteiger partial charge in [-0.25, -0.2) is 9.10 Å². The molecule has 0 fully saturated rings. The molecule has 0 aliphatic carbocycles. The fourth-order valence-corrected chi connectivity index (χ4v) is 7.94. The fourth-order valence-electron chi connectivity index (χ4n) is 6.59. The standard InChI is InChI=1S/C39H47N3O5S/c1-7-12-15-28-20-25-34-37(38(28)42(48(44,45)40-9-3)29-21-18-27(8-2)19-22-29)36(31-16-13-14-17-32(31)39(43)46-6)33-24-23-30(26-35(33)47-34)41(10-4)11-5/h13-14,16-26,36,40H,7-12,15H2,1-6H3. The third-order valence-electron chi connectivity index (χ3n) is 9.03. The smallest absolute Gasteiger partial charge is 0.338 e. The third kappa shape index (κ3) is 6.80. The van der Waals surface area contributed by atoms with E-state index in [0.29, 0.717) is 46.0 Å². The van der Waals surface area contributed by atoms with Crippen molar-refractivity contribution in [2.45, 2.75) is 66.2 Å². The highest BCUT2D eigenvalue weighted by Gasteiger charge is 2.39. The first-order valence-electron chi connectivity index (χ1n) is 17.0. The molecule has 5 rings (SSSR count). The molecule has 9 heteroatoms. The molecule has 1 unspecified atom stereocenters. The Morgan fingerprint density at radius 3 is 2.21 bits per heavy atom. The van der Waals surface area contributed by atoms with Crippen LogP contribution in [0.5, 0.6) is 11.5 Å². The van der Waals surface area contributed by atoms with Gasteiger partial charge in [0, 0.05) is 48.4 Å². The summed E-state index contributed by atoms with van der Waals surface area (Å²) >= 11 is 0. The Bertz CT molecular complexity index is 1850. The van der Waals surface area contributed by atoms with Gasteiger partial charge in [0.05, 0.1) is 24.0 Å². The van der Waals surface area contributed by atoms with Crippen LogP contribution in [0, 0.1) is 0 Å². The van der Waals surface area contributed by atoms with Gasteiger partial charge in [0.15, 0.2) is 0 Å². The Labute approximate surface area is 285 Å². The lowest BCUT2D eigenvalue weighted by Crippen LogP contribution is -2.39. The second-order valence-corrected chi connectivity index (χ2v) is 13.5. The first-order valence-corrected chi connectivity index (χ1v) is 18.4. The van der Waals surface area contributed by atoms with Gasteiger partial charge in [0.2, 0.25) is 0 Å². The predicted octanol–water partition coefficient (Wildman–Crippen LogP) is 8.50. The number of carbonyl (C=O) groups excluding carboxylic acids is 1. The summed E-state index contributed by atoms with van der Waals surface area (Å²) in [6, 6.07) is 25.2. The number of fused-ring (bicyclic) bond motifs is 2. The molecular formula is C39H47N3O5S. The molecule has 0 radical (unpaired) electrons. The summed E-state index contributed by atoms with van der Waals surface area (Å²) < 4.78 is 45.0. The number of rotatable bonds is 14. The largest absolute Gasteiger partial charge is 0.465 e. The minimum absolute atomic E-state index is 0.216. The van der Waals surface area contributed by atoms with Gasteiger partial charge in [-0.05, 0) is 80.1 Å². The lowest BCUT2D eigenvalue weighted by atomic mass is 9.78. The van der Waals surface area contributed by atoms with E-state index in [0.717, 1.165) is 54.7 Å². The van der Waals surface area contributed by atoms with Gasteiger partial charge >= 0.3 is 16.2 Å². The second kappa shape index (κ2) is 15.3. The summed E-state index contributed by atoms with van der Waals surface area (Å²) in [7, 11) is -2.71. The van der Waals surface area contributed by atoms with Gasteiger partial charge in [-0.3, -0.25) is 0 Å². The number of carbonyl (C=O) groups is 1. The second-order valence-electron chi connectivity index (χ2n) is 11.9. The maximum absolute atomic E-state index is 14.4. The Kier molecular flexibility index (Phi) is 11.1. The van der Waals surface area contributed by atoms with Crippen molar-refractivity contribution in [1.82, 2.24) is 4.72 Å². The van der Waals surface area contributed by atoms with Crippen molar-refractivity contribution in [2.24, 2.45) is 0 Å². The Hall–Kier alpha value is -4.34. The Morgan fingerprint density at radius 1 is 0.854 bits per heavy atom. The van der Waals surface area contributed by atoms with E-state index in [1.165, 1.54) is 11.4 Å². The summed E-state index contributed by atoms with van der Waals surface area (Å²) in [5.41, 5.74) is 6.70. The van der Waals surface area contributed by atoms with Gasteiger partial charge < -0.3 is 14.4 Å². The lowest BCUT2D eigenvalue weighted by molar-refractivity contribution is 0.0599. The first-order chi connectivity index (χ1) is 23.2. The third-order valence-corrected chi connectivity index (χ3v) is 10.6. The number of esters is 1. The van der Waals surface area contributed by atoms with Crippen LogP contribution in [0.15, 0.2) is 78.9 Å². The number of anilines is 3. The number of nitrogens with one attached hydrogen (secondary N) is 1. The van der Waals surface area contributed by atoms with Gasteiger partial charge in [-0.2, -0.15) is 13.1 Å². The van der Waals surface area contributed by atoms with Gasteiger partial charge in [-0.15, -0.1) is 0 Å². The average molecular weight is 670 g/mol. The summed E-state index contributed by atoms with van der Waals surface area (Å²) in [6.07, 6.45) is 3.28. The molecule has 48 heavy (non-hydrogen) atoms. The lowest BCUT2D eigenvalue weighted by Gasteiger charge is -2.36. The summed E-state index contributed by atoms with van der Waals surface area (Å²) in [5, 5.41) is 0. The Morgan fingerprint density at radius 2 is 1.56 bits per heavy atom. The molecule has 0 saturated heterocycles. The molecule has 4 aromatic carbocycles. The topological polar surface area (TPSA) is 88.2 Å². The monoisotopic (exact) mass is 669 g/mol. The molecular weight excluding hydrogens is 623 g/mol. The van der Waals surface area contributed by atoms with Crippen molar-refractivity contribution in [3.8, 4) is 11.5 Å². The van der Waals surface area contributed by atoms with Crippen LogP contribution in [-0.2, 0) is 27.8 Å². The normalized spacial score (nSPS) is 13.7. The zero-order chi connectivity index (χ0) is 34.4. The van der Waals surface area contributed by atoms with Crippen LogP contribution >= 0.6 is 0 Å². The van der Waals surface area contributed by atoms with Crippen LogP contribution in [0.25, 0.3) is 0 Å². The summed E-state index contributed by atoms with van der Waals surface area (Å²) in [4.78, 5) is 15.5. The quantitative estimate of drug-likeness (QED) is 0.119. The molecule has 0 spiro atoms. The number of unbranched alkanes of at least 4 members (excludes halogenated alkanes) is 1. The molecule has 0 saturated carbocycles. The fraction of sp³-hybridized carbons (Fsp3) is 0.359. The number of benzene rings is 4. The van der Waals surface area contributed by atoms with E-state index in [4.69, 9.17) is 9.47 Å². The van der Waals surface area contributed by atoms with Crippen LogP contribution in [0.3, 0.4) is 0 Å². The molecule has 1 aliphatic heterocycles. The van der Waals surface area contributed by atoms with Gasteiger partial charge in [0.1, 0.15) is 11.5 Å². The van der Waals surface area contributed by atoms with Crippen molar-refractivity contribution in [3.05, 3.63) is 112 Å². The highest BCUT2D eigenvalue weighted by Crippen LogP contribution is 2.54. The predicted molar refractivity (Wildman–Crippen MR) is 194 cm³/mol. The zero-order valence-corrected chi connectivity index (χ0v) is 29.7. The van der Waals surface area contributed by atoms with Gasteiger partial charge in [0.25, 0.3) is 0 Å². The van der Waals surface area contributed by atoms with Crippen LogP contribution in [0.2, 0.25) is 0 Å². The van der Waals surface area contributed by atoms with Crippen molar-refractivity contribution in [3.63, 3.8) is 0 Å². The minimum Gasteiger partial charge on any atom is -0.465 e. The number of hydrogen-bond donors (Lipinski definition) is 1. The maximum atomic E-state index is 14.4. The summed E-state index contributed by atoms with van der Waals surface area (Å²) in [5.74, 6) is 0.199. The molecule has 1 atom stereocenters. The van der Waals surface area contributed by atoms with Crippen molar-refractivity contribution >= 4 is 33.2 Å². The molecule has 0 amide bonds. The maximum Gasteiger partial charge on any atom is 0.338 e. The summed E-state index contributed by atoms with van der Waals surface area (Å²) in [6.45, 7) is 12.1. The Balaban J connectivity index is 1.90. The molecule has 4 aromatic rings. The van der Waals surface area contributed by atoms with E-state index in [2.05, 4.69) is 43.4 Å². The average Bonchev–Trinajstić information content (AvgIpc) is 3.10. The highest BCUT2D eigenvalue weighted by molar-refractivity contribution is 7.91. The molecule has 8 nitrogen and oxygen atoms in total. The molecule has 1 N–H and O–H groups in total. The van der Waals surface area contributed by atoms with Crippen molar-refractivity contribution in [1.29, 1.82) is 0 Å². The number of aryl methyl sites for hydroxylation is 2. The van der Waals surface area contributed by atoms with Crippen molar-refractivity contribution < 1.29 is 22.7 Å². The number of methoxy groups -OCH3 is 1. The van der Waals surface area contributed by atoms with Gasteiger partial charge in [-0.1, -0.05) is 69.7 Å². The number of ether oxygens (including phenoxy) is 2. The molecule has 1 aliphatic rings.